The molecule has 4 rings (SSSR count). The van der Waals surface area contributed by atoms with E-state index in [2.05, 4.69) is 33.6 Å². The van der Waals surface area contributed by atoms with Gasteiger partial charge >= 0.3 is 0 Å². The molecule has 0 atom stereocenters. The molecule has 0 bridgehead atoms. The van der Waals surface area contributed by atoms with Crippen LogP contribution >= 0.6 is 0 Å². The van der Waals surface area contributed by atoms with E-state index in [0.29, 0.717) is 11.5 Å². The Morgan fingerprint density at radius 2 is 1.96 bits per heavy atom. The minimum Gasteiger partial charge on any atom is -0.493 e. The summed E-state index contributed by atoms with van der Waals surface area (Å²) in [5.74, 6) is 2.27. The Hall–Kier alpha value is -2.86. The number of hydrogen-bond donors (Lipinski definition) is 1. The Balaban J connectivity index is 1.57. The highest BCUT2D eigenvalue weighted by atomic mass is 16.5. The predicted octanol–water partition coefficient (Wildman–Crippen LogP) is 2.60. The quantitative estimate of drug-likeness (QED) is 0.907. The summed E-state index contributed by atoms with van der Waals surface area (Å²) in [5, 5.41) is 3.33. The van der Waals surface area contributed by atoms with Gasteiger partial charge in [-0.25, -0.2) is 4.99 Å². The summed E-state index contributed by atoms with van der Waals surface area (Å²) < 4.78 is 10.7. The molecule has 6 nitrogen and oxygen atoms in total. The van der Waals surface area contributed by atoms with Gasteiger partial charge in [0.25, 0.3) is 0 Å². The number of hydrogen-bond acceptors (Lipinski definition) is 6. The fraction of sp³-hybridized carbons (Fsp3) is 0.300. The van der Waals surface area contributed by atoms with E-state index < -0.39 is 0 Å². The molecule has 3 aliphatic heterocycles. The molecule has 1 N–H and O–H groups in total. The Morgan fingerprint density at radius 1 is 1.08 bits per heavy atom. The Labute approximate surface area is 153 Å². The van der Waals surface area contributed by atoms with Gasteiger partial charge in [-0.2, -0.15) is 0 Å². The molecule has 0 saturated carbocycles. The standard InChI is InChI=1S/C20H22N4O2/c1-25-18-4-3-15(11-19(18)26-2)16-7-10-24-13-17(22-12-20(24)23-16)14-5-8-21-9-6-14/h3-5,7,11-13,21H,6,8-10H2,1-2H3. The molecule has 0 radical (unpaired) electrons. The first-order valence-corrected chi connectivity index (χ1v) is 8.72. The van der Waals surface area contributed by atoms with Crippen molar-refractivity contribution < 1.29 is 9.47 Å². The fourth-order valence-electron chi connectivity index (χ4n) is 3.24. The van der Waals surface area contributed by atoms with Gasteiger partial charge in [0.15, 0.2) is 17.3 Å². The van der Waals surface area contributed by atoms with Crippen molar-refractivity contribution in [1.82, 2.24) is 10.2 Å². The van der Waals surface area contributed by atoms with Crippen LogP contribution in [-0.4, -0.2) is 50.8 Å². The van der Waals surface area contributed by atoms with E-state index in [9.17, 15) is 0 Å². The van der Waals surface area contributed by atoms with Crippen molar-refractivity contribution in [3.05, 3.63) is 53.4 Å². The molecule has 0 saturated heterocycles. The lowest BCUT2D eigenvalue weighted by atomic mass is 10.1. The molecule has 0 spiro atoms. The number of allylic oxidation sites excluding steroid dienone is 1. The third-order valence-corrected chi connectivity index (χ3v) is 4.68. The highest BCUT2D eigenvalue weighted by Gasteiger charge is 2.20. The van der Waals surface area contributed by atoms with E-state index in [1.807, 2.05) is 24.4 Å². The number of nitrogens with zero attached hydrogens (tertiary/aromatic N) is 3. The molecular formula is C20H22N4O2. The molecule has 0 unspecified atom stereocenters. The number of aliphatic imine (C=N–C) groups is 2. The predicted molar refractivity (Wildman–Crippen MR) is 104 cm³/mol. The minimum absolute atomic E-state index is 0.700. The number of ether oxygens (including phenoxy) is 2. The molecule has 0 aromatic heterocycles. The molecule has 3 heterocycles. The first kappa shape index (κ1) is 16.6. The highest BCUT2D eigenvalue weighted by Crippen LogP contribution is 2.32. The van der Waals surface area contributed by atoms with Gasteiger partial charge in [0.2, 0.25) is 0 Å². The summed E-state index contributed by atoms with van der Waals surface area (Å²) in [4.78, 5) is 11.5. The highest BCUT2D eigenvalue weighted by molar-refractivity contribution is 6.32. The van der Waals surface area contributed by atoms with Crippen LogP contribution in [0, 0.1) is 0 Å². The van der Waals surface area contributed by atoms with Gasteiger partial charge in [0.05, 0.1) is 31.8 Å². The average molecular weight is 350 g/mol. The molecule has 3 aliphatic rings. The van der Waals surface area contributed by atoms with E-state index in [1.165, 1.54) is 5.57 Å². The van der Waals surface area contributed by atoms with Crippen LogP contribution in [0.5, 0.6) is 11.5 Å². The number of benzene rings is 1. The maximum Gasteiger partial charge on any atom is 0.161 e. The van der Waals surface area contributed by atoms with Crippen LogP contribution < -0.4 is 14.8 Å². The van der Waals surface area contributed by atoms with Crippen LogP contribution in [-0.2, 0) is 0 Å². The van der Waals surface area contributed by atoms with Crippen molar-refractivity contribution in [3.8, 4) is 11.5 Å². The van der Waals surface area contributed by atoms with Crippen LogP contribution in [0.4, 0.5) is 0 Å². The van der Waals surface area contributed by atoms with E-state index in [0.717, 1.165) is 48.8 Å². The van der Waals surface area contributed by atoms with Gasteiger partial charge in [-0.15, -0.1) is 0 Å². The zero-order valence-electron chi connectivity index (χ0n) is 15.0. The Bertz CT molecular complexity index is 865. The first-order valence-electron chi connectivity index (χ1n) is 8.72. The smallest absolute Gasteiger partial charge is 0.161 e. The zero-order valence-corrected chi connectivity index (χ0v) is 15.0. The van der Waals surface area contributed by atoms with Crippen molar-refractivity contribution in [2.75, 3.05) is 33.9 Å². The number of nitrogens with one attached hydrogen (secondary N) is 1. The van der Waals surface area contributed by atoms with Crippen LogP contribution in [0.1, 0.15) is 12.0 Å². The van der Waals surface area contributed by atoms with Gasteiger partial charge in [0, 0.05) is 24.9 Å². The summed E-state index contributed by atoms with van der Waals surface area (Å²) in [6.07, 6.45) is 9.29. The van der Waals surface area contributed by atoms with Crippen LogP contribution in [0.2, 0.25) is 0 Å². The summed E-state index contributed by atoms with van der Waals surface area (Å²) in [5.41, 5.74) is 4.25. The van der Waals surface area contributed by atoms with E-state index >= 15 is 0 Å². The van der Waals surface area contributed by atoms with Crippen LogP contribution in [0.15, 0.2) is 57.8 Å². The second-order valence-corrected chi connectivity index (χ2v) is 6.24. The third kappa shape index (κ3) is 3.15. The van der Waals surface area contributed by atoms with Crippen molar-refractivity contribution in [1.29, 1.82) is 0 Å². The molecule has 1 aromatic rings. The molecule has 26 heavy (non-hydrogen) atoms. The monoisotopic (exact) mass is 350 g/mol. The van der Waals surface area contributed by atoms with Crippen molar-refractivity contribution in [3.63, 3.8) is 0 Å². The van der Waals surface area contributed by atoms with Gasteiger partial charge in [-0.3, -0.25) is 4.99 Å². The first-order chi connectivity index (χ1) is 12.8. The average Bonchev–Trinajstić information content (AvgIpc) is 2.73. The SMILES string of the molecule is COc1ccc(C2=CCN3C=C(C4=CCNCC4)N=CC3=N2)cc1OC. The Kier molecular flexibility index (Phi) is 4.58. The van der Waals surface area contributed by atoms with E-state index in [-0.39, 0.29) is 0 Å². The zero-order chi connectivity index (χ0) is 17.9. The van der Waals surface area contributed by atoms with Crippen LogP contribution in [0.25, 0.3) is 5.70 Å². The van der Waals surface area contributed by atoms with Gasteiger partial charge in [0.1, 0.15) is 0 Å². The van der Waals surface area contributed by atoms with Gasteiger partial charge in [-0.05, 0) is 42.8 Å². The number of fused-ring (bicyclic) bond motifs is 1. The minimum atomic E-state index is 0.700. The molecule has 134 valence electrons. The molecule has 0 fully saturated rings. The molecule has 6 heteroatoms. The van der Waals surface area contributed by atoms with Crippen molar-refractivity contribution in [2.24, 2.45) is 9.98 Å². The Morgan fingerprint density at radius 3 is 2.73 bits per heavy atom. The van der Waals surface area contributed by atoms with Crippen molar-refractivity contribution >= 4 is 17.7 Å². The maximum absolute atomic E-state index is 5.40. The van der Waals surface area contributed by atoms with E-state index in [4.69, 9.17) is 14.5 Å². The number of methoxy groups -OCH3 is 2. The normalized spacial score (nSPS) is 19.1. The molecule has 0 amide bonds. The lowest BCUT2D eigenvalue weighted by Crippen LogP contribution is -2.33. The summed E-state index contributed by atoms with van der Waals surface area (Å²) in [7, 11) is 3.27. The summed E-state index contributed by atoms with van der Waals surface area (Å²) in [6, 6.07) is 5.84. The fourth-order valence-corrected chi connectivity index (χ4v) is 3.24. The van der Waals surface area contributed by atoms with Crippen LogP contribution in [0.3, 0.4) is 0 Å². The molecule has 1 aromatic carbocycles. The largest absolute Gasteiger partial charge is 0.493 e. The van der Waals surface area contributed by atoms with E-state index in [1.54, 1.807) is 14.2 Å². The topological polar surface area (TPSA) is 58.5 Å². The lowest BCUT2D eigenvalue weighted by molar-refractivity contribution is 0.355. The van der Waals surface area contributed by atoms with Gasteiger partial charge in [-0.1, -0.05) is 6.08 Å². The molecular weight excluding hydrogens is 328 g/mol. The van der Waals surface area contributed by atoms with Crippen molar-refractivity contribution in [2.45, 2.75) is 6.42 Å². The maximum atomic E-state index is 5.40. The second kappa shape index (κ2) is 7.17. The summed E-state index contributed by atoms with van der Waals surface area (Å²) >= 11 is 0. The lowest BCUT2D eigenvalue weighted by Gasteiger charge is -2.27. The van der Waals surface area contributed by atoms with Gasteiger partial charge < -0.3 is 19.7 Å². The third-order valence-electron chi connectivity index (χ3n) is 4.68. The number of amidine groups is 1. The molecule has 0 aliphatic carbocycles. The summed E-state index contributed by atoms with van der Waals surface area (Å²) in [6.45, 7) is 2.68. The number of rotatable bonds is 4. The second-order valence-electron chi connectivity index (χ2n) is 6.24.